The van der Waals surface area contributed by atoms with Gasteiger partial charge in [0.25, 0.3) is 0 Å². The summed E-state index contributed by atoms with van der Waals surface area (Å²) in [6.45, 7) is 0. The number of rotatable bonds is 4. The van der Waals surface area contributed by atoms with E-state index in [1.54, 1.807) is 18.2 Å². The first-order valence-electron chi connectivity index (χ1n) is 5.37. The summed E-state index contributed by atoms with van der Waals surface area (Å²) in [6.07, 6.45) is 1.03. The molecule has 0 aliphatic heterocycles. The van der Waals surface area contributed by atoms with Gasteiger partial charge in [0.1, 0.15) is 5.76 Å². The number of carboxylic acid groups (broad SMARTS) is 1. The van der Waals surface area contributed by atoms with Crippen molar-refractivity contribution in [3.8, 4) is 11.3 Å². The maximum absolute atomic E-state index is 11.4. The molecule has 0 fully saturated rings. The number of furan rings is 1. The first kappa shape index (κ1) is 14.6. The molecule has 1 aromatic carbocycles. The number of hydrogen-bond donors (Lipinski definition) is 2. The summed E-state index contributed by atoms with van der Waals surface area (Å²) in [7, 11) is -3.46. The molecule has 2 aromatic rings. The summed E-state index contributed by atoms with van der Waals surface area (Å²) in [5, 5.41) is 8.83. The van der Waals surface area contributed by atoms with Crippen LogP contribution >= 0.6 is 15.9 Å². The predicted octanol–water partition coefficient (Wildman–Crippen LogP) is 2.78. The zero-order chi connectivity index (χ0) is 14.9. The molecule has 0 saturated carbocycles. The van der Waals surface area contributed by atoms with Gasteiger partial charge < -0.3 is 9.52 Å². The molecule has 0 aliphatic carbocycles. The smallest absolute Gasteiger partial charge is 0.371 e. The molecule has 8 heteroatoms. The fourth-order valence-corrected chi connectivity index (χ4v) is 2.54. The molecule has 1 heterocycles. The molecule has 0 radical (unpaired) electrons. The highest BCUT2D eigenvalue weighted by Gasteiger charge is 2.15. The number of halogens is 1. The quantitative estimate of drug-likeness (QED) is 0.874. The third kappa shape index (κ3) is 3.40. The summed E-state index contributed by atoms with van der Waals surface area (Å²) in [4.78, 5) is 10.8. The van der Waals surface area contributed by atoms with Gasteiger partial charge in [-0.1, -0.05) is 15.9 Å². The second kappa shape index (κ2) is 5.29. The topological polar surface area (TPSA) is 96.6 Å². The number of anilines is 1. The standard InChI is InChI=1S/C12H10BrNO5S/c1-20(17,18)14-9-6-7(13)2-3-8(9)10-4-5-11(19-10)12(15)16/h2-6,14H,1H3,(H,15,16). The summed E-state index contributed by atoms with van der Waals surface area (Å²) >= 11 is 3.25. The first-order chi connectivity index (χ1) is 9.26. The molecule has 106 valence electrons. The molecular weight excluding hydrogens is 350 g/mol. The molecule has 0 saturated heterocycles. The van der Waals surface area contributed by atoms with Crippen molar-refractivity contribution in [3.05, 3.63) is 40.6 Å². The van der Waals surface area contributed by atoms with E-state index >= 15 is 0 Å². The van der Waals surface area contributed by atoms with Crippen LogP contribution in [-0.2, 0) is 10.0 Å². The normalized spacial score (nSPS) is 11.3. The van der Waals surface area contributed by atoms with Gasteiger partial charge in [0.05, 0.1) is 11.9 Å². The van der Waals surface area contributed by atoms with Crippen LogP contribution in [0.25, 0.3) is 11.3 Å². The van der Waals surface area contributed by atoms with Gasteiger partial charge in [-0.3, -0.25) is 4.72 Å². The fraction of sp³-hybridized carbons (Fsp3) is 0.0833. The molecule has 20 heavy (non-hydrogen) atoms. The van der Waals surface area contributed by atoms with Gasteiger partial charge in [-0.15, -0.1) is 0 Å². The highest BCUT2D eigenvalue weighted by Crippen LogP contribution is 2.32. The van der Waals surface area contributed by atoms with E-state index in [4.69, 9.17) is 9.52 Å². The molecule has 0 atom stereocenters. The summed E-state index contributed by atoms with van der Waals surface area (Å²) in [5.41, 5.74) is 0.749. The molecule has 2 rings (SSSR count). The summed E-state index contributed by atoms with van der Waals surface area (Å²) in [6, 6.07) is 7.68. The summed E-state index contributed by atoms with van der Waals surface area (Å²) < 4.78 is 30.9. The van der Waals surface area contributed by atoms with Crippen LogP contribution in [0, 0.1) is 0 Å². The van der Waals surface area contributed by atoms with Crippen LogP contribution in [0.3, 0.4) is 0 Å². The molecule has 0 amide bonds. The van der Waals surface area contributed by atoms with E-state index in [-0.39, 0.29) is 11.5 Å². The Hall–Kier alpha value is -1.80. The van der Waals surface area contributed by atoms with E-state index < -0.39 is 16.0 Å². The Morgan fingerprint density at radius 2 is 2.00 bits per heavy atom. The second-order valence-corrected chi connectivity index (χ2v) is 6.70. The zero-order valence-electron chi connectivity index (χ0n) is 10.3. The minimum atomic E-state index is -3.46. The Bertz CT molecular complexity index is 766. The Morgan fingerprint density at radius 1 is 1.30 bits per heavy atom. The number of benzene rings is 1. The van der Waals surface area contributed by atoms with Gasteiger partial charge in [-0.2, -0.15) is 0 Å². The van der Waals surface area contributed by atoms with Gasteiger partial charge in [0.15, 0.2) is 0 Å². The van der Waals surface area contributed by atoms with Crippen LogP contribution in [0.4, 0.5) is 5.69 Å². The molecule has 0 bridgehead atoms. The van der Waals surface area contributed by atoms with Crippen molar-refractivity contribution >= 4 is 37.6 Å². The van der Waals surface area contributed by atoms with Crippen molar-refractivity contribution in [1.82, 2.24) is 0 Å². The lowest BCUT2D eigenvalue weighted by Crippen LogP contribution is -2.10. The third-order valence-electron chi connectivity index (χ3n) is 2.36. The zero-order valence-corrected chi connectivity index (χ0v) is 12.7. The van der Waals surface area contributed by atoms with E-state index in [2.05, 4.69) is 20.7 Å². The maximum Gasteiger partial charge on any atom is 0.371 e. The number of nitrogens with one attached hydrogen (secondary N) is 1. The van der Waals surface area contributed by atoms with Gasteiger partial charge in [0, 0.05) is 10.0 Å². The van der Waals surface area contributed by atoms with E-state index in [0.717, 1.165) is 6.26 Å². The van der Waals surface area contributed by atoms with Gasteiger partial charge in [0.2, 0.25) is 15.8 Å². The van der Waals surface area contributed by atoms with Crippen LogP contribution in [0.1, 0.15) is 10.6 Å². The Balaban J connectivity index is 2.52. The minimum absolute atomic E-state index is 0.215. The van der Waals surface area contributed by atoms with E-state index in [1.165, 1.54) is 12.1 Å². The highest BCUT2D eigenvalue weighted by molar-refractivity contribution is 9.10. The molecule has 0 spiro atoms. The summed E-state index contributed by atoms with van der Waals surface area (Å²) in [5.74, 6) is -1.14. The van der Waals surface area contributed by atoms with Crippen LogP contribution < -0.4 is 4.72 Å². The van der Waals surface area contributed by atoms with Crippen molar-refractivity contribution < 1.29 is 22.7 Å². The lowest BCUT2D eigenvalue weighted by Gasteiger charge is -2.09. The van der Waals surface area contributed by atoms with Gasteiger partial charge in [-0.05, 0) is 30.3 Å². The van der Waals surface area contributed by atoms with Crippen LogP contribution in [0.5, 0.6) is 0 Å². The van der Waals surface area contributed by atoms with Gasteiger partial charge in [-0.25, -0.2) is 13.2 Å². The number of carboxylic acids is 1. The van der Waals surface area contributed by atoms with E-state index in [0.29, 0.717) is 15.7 Å². The minimum Gasteiger partial charge on any atom is -0.475 e. The highest BCUT2D eigenvalue weighted by atomic mass is 79.9. The van der Waals surface area contributed by atoms with Crippen LogP contribution in [0.15, 0.2) is 39.2 Å². The number of carbonyl (C=O) groups is 1. The Labute approximate surface area is 123 Å². The molecule has 6 nitrogen and oxygen atoms in total. The fourth-order valence-electron chi connectivity index (χ4n) is 1.61. The number of sulfonamides is 1. The van der Waals surface area contributed by atoms with Crippen molar-refractivity contribution in [2.45, 2.75) is 0 Å². The lowest BCUT2D eigenvalue weighted by molar-refractivity contribution is 0.0663. The number of hydrogen-bond acceptors (Lipinski definition) is 4. The SMILES string of the molecule is CS(=O)(=O)Nc1cc(Br)ccc1-c1ccc(C(=O)O)o1. The monoisotopic (exact) mass is 359 g/mol. The van der Waals surface area contributed by atoms with E-state index in [9.17, 15) is 13.2 Å². The first-order valence-corrected chi connectivity index (χ1v) is 8.05. The Kier molecular flexibility index (Phi) is 3.87. The van der Waals surface area contributed by atoms with Crippen molar-refractivity contribution in [2.75, 3.05) is 11.0 Å². The van der Waals surface area contributed by atoms with Crippen molar-refractivity contribution in [1.29, 1.82) is 0 Å². The molecule has 0 unspecified atom stereocenters. The Morgan fingerprint density at radius 3 is 2.55 bits per heavy atom. The van der Waals surface area contributed by atoms with Gasteiger partial charge >= 0.3 is 5.97 Å². The lowest BCUT2D eigenvalue weighted by atomic mass is 10.1. The van der Waals surface area contributed by atoms with E-state index in [1.807, 2.05) is 0 Å². The predicted molar refractivity (Wildman–Crippen MR) is 77.3 cm³/mol. The molecular formula is C12H10BrNO5S. The van der Waals surface area contributed by atoms with Crippen LogP contribution in [0.2, 0.25) is 0 Å². The molecule has 1 aromatic heterocycles. The van der Waals surface area contributed by atoms with Crippen molar-refractivity contribution in [3.63, 3.8) is 0 Å². The van der Waals surface area contributed by atoms with Crippen LogP contribution in [-0.4, -0.2) is 25.7 Å². The third-order valence-corrected chi connectivity index (χ3v) is 3.44. The average Bonchev–Trinajstić information content (AvgIpc) is 2.76. The average molecular weight is 360 g/mol. The maximum atomic E-state index is 11.4. The molecule has 0 aliphatic rings. The second-order valence-electron chi connectivity index (χ2n) is 4.03. The largest absolute Gasteiger partial charge is 0.475 e. The number of aromatic carboxylic acids is 1. The van der Waals surface area contributed by atoms with Crippen molar-refractivity contribution in [2.24, 2.45) is 0 Å². The molecule has 2 N–H and O–H groups in total.